The van der Waals surface area contributed by atoms with Gasteiger partial charge in [-0.1, -0.05) is 47.6 Å². The lowest BCUT2D eigenvalue weighted by Crippen LogP contribution is -2.65. The Labute approximate surface area is 178 Å². The van der Waals surface area contributed by atoms with Gasteiger partial charge < -0.3 is 10.1 Å². The molecule has 4 nitrogen and oxygen atoms in total. The summed E-state index contributed by atoms with van der Waals surface area (Å²) in [6.45, 7) is 15.1. The van der Waals surface area contributed by atoms with Crippen LogP contribution in [0.15, 0.2) is 36.4 Å². The van der Waals surface area contributed by atoms with E-state index < -0.39 is 5.72 Å². The van der Waals surface area contributed by atoms with Crippen molar-refractivity contribution in [2.45, 2.75) is 77.5 Å². The van der Waals surface area contributed by atoms with Gasteiger partial charge >= 0.3 is 6.03 Å². The lowest BCUT2D eigenvalue weighted by atomic mass is 9.76. The van der Waals surface area contributed by atoms with E-state index in [-0.39, 0.29) is 28.7 Å². The second-order valence-corrected chi connectivity index (χ2v) is 10.7. The van der Waals surface area contributed by atoms with Crippen LogP contribution in [0, 0.1) is 5.82 Å². The molecule has 2 bridgehead atoms. The van der Waals surface area contributed by atoms with Gasteiger partial charge in [0, 0.05) is 23.2 Å². The second kappa shape index (κ2) is 6.47. The maximum Gasteiger partial charge on any atom is 0.325 e. The van der Waals surface area contributed by atoms with Crippen LogP contribution in [0.1, 0.15) is 77.6 Å². The molecule has 2 unspecified atom stereocenters. The third kappa shape index (κ3) is 3.34. The molecule has 0 aromatic heterocycles. The van der Waals surface area contributed by atoms with Crippen LogP contribution in [0.3, 0.4) is 0 Å². The van der Waals surface area contributed by atoms with Crippen molar-refractivity contribution in [3.05, 3.63) is 58.9 Å². The quantitative estimate of drug-likeness (QED) is 0.609. The maximum atomic E-state index is 13.5. The summed E-state index contributed by atoms with van der Waals surface area (Å²) in [6.07, 6.45) is 0.611. The Morgan fingerprint density at radius 3 is 2.27 bits per heavy atom. The molecule has 2 aromatic rings. The highest BCUT2D eigenvalue weighted by Crippen LogP contribution is 2.50. The molecule has 4 rings (SSSR count). The summed E-state index contributed by atoms with van der Waals surface area (Å²) >= 11 is 0. The van der Waals surface area contributed by atoms with Gasteiger partial charge in [-0.3, -0.25) is 4.90 Å². The molecule has 1 N–H and O–H groups in total. The predicted molar refractivity (Wildman–Crippen MR) is 118 cm³/mol. The first-order valence-electron chi connectivity index (χ1n) is 10.5. The number of rotatable bonds is 1. The molecule has 2 heterocycles. The Balaban J connectivity index is 1.88. The molecule has 5 heteroatoms. The minimum absolute atomic E-state index is 0.0192. The Morgan fingerprint density at radius 1 is 1.07 bits per heavy atom. The van der Waals surface area contributed by atoms with Gasteiger partial charge in [0.2, 0.25) is 0 Å². The number of hydrogen-bond acceptors (Lipinski definition) is 2. The van der Waals surface area contributed by atoms with Crippen molar-refractivity contribution in [3.63, 3.8) is 0 Å². The van der Waals surface area contributed by atoms with E-state index in [1.807, 2.05) is 6.92 Å². The summed E-state index contributed by atoms with van der Waals surface area (Å²) in [4.78, 5) is 14.7. The number of urea groups is 1. The molecule has 1 fully saturated rings. The van der Waals surface area contributed by atoms with Crippen molar-refractivity contribution in [2.24, 2.45) is 0 Å². The minimum Gasteiger partial charge on any atom is -0.467 e. The summed E-state index contributed by atoms with van der Waals surface area (Å²) in [5.74, 6) is 0.514. The van der Waals surface area contributed by atoms with Crippen LogP contribution in [0.4, 0.5) is 14.9 Å². The average molecular weight is 411 g/mol. The van der Waals surface area contributed by atoms with Crippen molar-refractivity contribution in [3.8, 4) is 5.75 Å². The van der Waals surface area contributed by atoms with Gasteiger partial charge in [-0.15, -0.1) is 0 Å². The highest BCUT2D eigenvalue weighted by molar-refractivity contribution is 5.95. The summed E-state index contributed by atoms with van der Waals surface area (Å²) in [6, 6.07) is 10.0. The van der Waals surface area contributed by atoms with Gasteiger partial charge in [-0.05, 0) is 53.6 Å². The van der Waals surface area contributed by atoms with Crippen LogP contribution >= 0.6 is 0 Å². The number of carbonyl (C=O) groups excluding carboxylic acids is 1. The average Bonchev–Trinajstić information content (AvgIpc) is 2.60. The zero-order chi connectivity index (χ0) is 22.1. The van der Waals surface area contributed by atoms with Crippen LogP contribution in [0.5, 0.6) is 5.75 Å². The smallest absolute Gasteiger partial charge is 0.325 e. The number of nitrogens with one attached hydrogen (secondary N) is 1. The molecule has 2 amide bonds. The standard InChI is InChI=1S/C25H31FN2O2/c1-23(2,3)15-12-18-20-14-25(7,30-21(18)19(13-15)24(4,5)6)28(22(29)27-20)17-10-8-16(26)9-11-17/h8-13,20H,14H2,1-7H3,(H,27,29). The normalized spacial score (nSPS) is 23.5. The highest BCUT2D eigenvalue weighted by Gasteiger charge is 2.51. The fourth-order valence-corrected chi connectivity index (χ4v) is 4.44. The molecule has 1 saturated heterocycles. The van der Waals surface area contributed by atoms with E-state index in [0.717, 1.165) is 16.9 Å². The van der Waals surface area contributed by atoms with Gasteiger partial charge in [0.25, 0.3) is 0 Å². The number of anilines is 1. The van der Waals surface area contributed by atoms with Gasteiger partial charge in [-0.2, -0.15) is 0 Å². The molecule has 2 aromatic carbocycles. The SMILES string of the molecule is CC(C)(C)c1cc2c(c(C(C)(C)C)c1)OC1(C)CC2NC(=O)N1c1ccc(F)cc1. The molecular weight excluding hydrogens is 379 g/mol. The molecule has 2 aliphatic rings. The number of nitrogens with zero attached hydrogens (tertiary/aromatic N) is 1. The van der Waals surface area contributed by atoms with E-state index in [1.54, 1.807) is 17.0 Å². The molecule has 30 heavy (non-hydrogen) atoms. The topological polar surface area (TPSA) is 41.6 Å². The van der Waals surface area contributed by atoms with Crippen molar-refractivity contribution in [1.29, 1.82) is 0 Å². The molecule has 0 radical (unpaired) electrons. The Bertz CT molecular complexity index is 1000. The molecule has 0 aliphatic carbocycles. The van der Waals surface area contributed by atoms with E-state index in [9.17, 15) is 9.18 Å². The van der Waals surface area contributed by atoms with Crippen LogP contribution in [0.2, 0.25) is 0 Å². The number of carbonyl (C=O) groups is 1. The zero-order valence-electron chi connectivity index (χ0n) is 18.9. The van der Waals surface area contributed by atoms with E-state index in [4.69, 9.17) is 4.74 Å². The summed E-state index contributed by atoms with van der Waals surface area (Å²) in [7, 11) is 0. The number of halogens is 1. The first kappa shape index (κ1) is 20.7. The number of ether oxygens (including phenoxy) is 1. The minimum atomic E-state index is -0.860. The van der Waals surface area contributed by atoms with Crippen LogP contribution in [0.25, 0.3) is 0 Å². The Hall–Kier alpha value is -2.56. The van der Waals surface area contributed by atoms with Crippen molar-refractivity contribution < 1.29 is 13.9 Å². The molecule has 2 aliphatic heterocycles. The Morgan fingerprint density at radius 2 is 1.70 bits per heavy atom. The molecule has 160 valence electrons. The summed E-state index contributed by atoms with van der Waals surface area (Å²) < 4.78 is 20.1. The lowest BCUT2D eigenvalue weighted by Gasteiger charge is -2.51. The van der Waals surface area contributed by atoms with Gasteiger partial charge in [-0.25, -0.2) is 9.18 Å². The predicted octanol–water partition coefficient (Wildman–Crippen LogP) is 6.19. The lowest BCUT2D eigenvalue weighted by molar-refractivity contribution is 0.0358. The van der Waals surface area contributed by atoms with E-state index in [2.05, 4.69) is 59.0 Å². The molecule has 0 saturated carbocycles. The van der Waals surface area contributed by atoms with E-state index in [0.29, 0.717) is 12.1 Å². The summed E-state index contributed by atoms with van der Waals surface area (Å²) in [5.41, 5.74) is 3.01. The van der Waals surface area contributed by atoms with E-state index in [1.165, 1.54) is 17.7 Å². The van der Waals surface area contributed by atoms with E-state index >= 15 is 0 Å². The number of fused-ring (bicyclic) bond motifs is 4. The van der Waals surface area contributed by atoms with Gasteiger partial charge in [0.15, 0.2) is 5.72 Å². The fraction of sp³-hybridized carbons (Fsp3) is 0.480. The summed E-state index contributed by atoms with van der Waals surface area (Å²) in [5, 5.41) is 3.16. The van der Waals surface area contributed by atoms with Crippen molar-refractivity contribution in [1.82, 2.24) is 5.32 Å². The second-order valence-electron chi connectivity index (χ2n) is 10.7. The first-order chi connectivity index (χ1) is 13.8. The van der Waals surface area contributed by atoms with Crippen LogP contribution in [-0.4, -0.2) is 11.8 Å². The Kier molecular flexibility index (Phi) is 4.46. The number of amides is 2. The largest absolute Gasteiger partial charge is 0.467 e. The number of benzene rings is 2. The molecule has 2 atom stereocenters. The zero-order valence-corrected chi connectivity index (χ0v) is 18.9. The van der Waals surface area contributed by atoms with Crippen molar-refractivity contribution >= 4 is 11.7 Å². The fourth-order valence-electron chi connectivity index (χ4n) is 4.44. The first-order valence-corrected chi connectivity index (χ1v) is 10.5. The van der Waals surface area contributed by atoms with Crippen LogP contribution in [-0.2, 0) is 10.8 Å². The monoisotopic (exact) mass is 410 g/mol. The third-order valence-corrected chi connectivity index (χ3v) is 6.13. The third-order valence-electron chi connectivity index (χ3n) is 6.13. The highest BCUT2D eigenvalue weighted by atomic mass is 19.1. The maximum absolute atomic E-state index is 13.5. The molecular formula is C25H31FN2O2. The van der Waals surface area contributed by atoms with Crippen LogP contribution < -0.4 is 15.0 Å². The van der Waals surface area contributed by atoms with Crippen molar-refractivity contribution in [2.75, 3.05) is 4.90 Å². The number of hydrogen-bond donors (Lipinski definition) is 1. The van der Waals surface area contributed by atoms with Gasteiger partial charge in [0.05, 0.1) is 6.04 Å². The van der Waals surface area contributed by atoms with Gasteiger partial charge in [0.1, 0.15) is 11.6 Å². The molecule has 0 spiro atoms.